The maximum atomic E-state index is 11.9. The summed E-state index contributed by atoms with van der Waals surface area (Å²) in [7, 11) is 1.58. The molecule has 0 fully saturated rings. The van der Waals surface area contributed by atoms with E-state index in [9.17, 15) is 9.59 Å². The summed E-state index contributed by atoms with van der Waals surface area (Å²) in [6.07, 6.45) is 0. The lowest BCUT2D eigenvalue weighted by molar-refractivity contribution is -0.114. The minimum absolute atomic E-state index is 0.143. The standard InChI is InChI=1S/C17H19N3O2/c1-12-5-3-4-6-15(12)19-11-16(21)20-14-9-7-13(8-10-14)17(22)18-2/h3-10,19H,11H2,1-2H3,(H,18,22)(H,20,21). The summed E-state index contributed by atoms with van der Waals surface area (Å²) in [4.78, 5) is 23.3. The van der Waals surface area contributed by atoms with Crippen molar-refractivity contribution in [2.45, 2.75) is 6.92 Å². The van der Waals surface area contributed by atoms with Crippen LogP contribution in [0.3, 0.4) is 0 Å². The fourth-order valence-electron chi connectivity index (χ4n) is 2.00. The highest BCUT2D eigenvalue weighted by Crippen LogP contribution is 2.13. The van der Waals surface area contributed by atoms with Crippen molar-refractivity contribution in [3.63, 3.8) is 0 Å². The van der Waals surface area contributed by atoms with Crippen LogP contribution in [0, 0.1) is 6.92 Å². The summed E-state index contributed by atoms with van der Waals surface area (Å²) in [5.41, 5.74) is 3.24. The first-order valence-corrected chi connectivity index (χ1v) is 7.01. The number of hydrogen-bond donors (Lipinski definition) is 3. The van der Waals surface area contributed by atoms with Crippen molar-refractivity contribution in [2.24, 2.45) is 0 Å². The van der Waals surface area contributed by atoms with Gasteiger partial charge in [-0.05, 0) is 42.8 Å². The third kappa shape index (κ3) is 4.09. The van der Waals surface area contributed by atoms with Crippen LogP contribution in [-0.2, 0) is 4.79 Å². The normalized spacial score (nSPS) is 9.91. The first-order chi connectivity index (χ1) is 10.6. The number of benzene rings is 2. The van der Waals surface area contributed by atoms with E-state index in [1.807, 2.05) is 31.2 Å². The van der Waals surface area contributed by atoms with Crippen LogP contribution in [0.1, 0.15) is 15.9 Å². The summed E-state index contributed by atoms with van der Waals surface area (Å²) in [5, 5.41) is 8.43. The molecule has 0 atom stereocenters. The van der Waals surface area contributed by atoms with Gasteiger partial charge in [-0.1, -0.05) is 18.2 Å². The SMILES string of the molecule is CNC(=O)c1ccc(NC(=O)CNc2ccccc2C)cc1. The molecular weight excluding hydrogens is 278 g/mol. The maximum absolute atomic E-state index is 11.9. The molecule has 0 unspecified atom stereocenters. The highest BCUT2D eigenvalue weighted by molar-refractivity contribution is 5.96. The Kier molecular flexibility index (Phi) is 5.14. The Labute approximate surface area is 129 Å². The Bertz CT molecular complexity index is 666. The highest BCUT2D eigenvalue weighted by atomic mass is 16.2. The average molecular weight is 297 g/mol. The van der Waals surface area contributed by atoms with Crippen LogP contribution in [0.2, 0.25) is 0 Å². The molecule has 0 aliphatic carbocycles. The van der Waals surface area contributed by atoms with Crippen LogP contribution in [0.5, 0.6) is 0 Å². The molecule has 2 rings (SSSR count). The third-order valence-electron chi connectivity index (χ3n) is 3.24. The number of carbonyl (C=O) groups is 2. The van der Waals surface area contributed by atoms with Crippen LogP contribution in [0.15, 0.2) is 48.5 Å². The van der Waals surface area contributed by atoms with E-state index in [4.69, 9.17) is 0 Å². The first kappa shape index (κ1) is 15.6. The van der Waals surface area contributed by atoms with E-state index in [1.54, 1.807) is 31.3 Å². The molecule has 0 aliphatic rings. The minimum atomic E-state index is -0.154. The number of rotatable bonds is 5. The lowest BCUT2D eigenvalue weighted by atomic mass is 10.2. The van der Waals surface area contributed by atoms with E-state index in [0.717, 1.165) is 11.3 Å². The summed E-state index contributed by atoms with van der Waals surface area (Å²) in [6, 6.07) is 14.5. The number of nitrogens with one attached hydrogen (secondary N) is 3. The van der Waals surface area contributed by atoms with Crippen LogP contribution >= 0.6 is 0 Å². The molecule has 0 saturated carbocycles. The zero-order valence-electron chi connectivity index (χ0n) is 12.6. The van der Waals surface area contributed by atoms with Gasteiger partial charge in [0.15, 0.2) is 0 Å². The second-order valence-electron chi connectivity index (χ2n) is 4.87. The van der Waals surface area contributed by atoms with Gasteiger partial charge in [-0.25, -0.2) is 0 Å². The van der Waals surface area contributed by atoms with Crippen molar-refractivity contribution in [1.29, 1.82) is 0 Å². The summed E-state index contributed by atoms with van der Waals surface area (Å²) >= 11 is 0. The predicted molar refractivity (Wildman–Crippen MR) is 88.1 cm³/mol. The fourth-order valence-corrected chi connectivity index (χ4v) is 2.00. The molecular formula is C17H19N3O2. The fraction of sp³-hybridized carbons (Fsp3) is 0.176. The topological polar surface area (TPSA) is 70.2 Å². The van der Waals surface area contributed by atoms with Crippen molar-refractivity contribution in [2.75, 3.05) is 24.2 Å². The van der Waals surface area contributed by atoms with Crippen molar-refractivity contribution >= 4 is 23.2 Å². The molecule has 0 bridgehead atoms. The summed E-state index contributed by atoms with van der Waals surface area (Å²) < 4.78 is 0. The molecule has 0 spiro atoms. The Morgan fingerprint density at radius 1 is 1.00 bits per heavy atom. The molecule has 2 aromatic carbocycles. The summed E-state index contributed by atoms with van der Waals surface area (Å²) in [6.45, 7) is 2.17. The third-order valence-corrected chi connectivity index (χ3v) is 3.24. The van der Waals surface area contributed by atoms with Crippen molar-refractivity contribution < 1.29 is 9.59 Å². The van der Waals surface area contributed by atoms with E-state index in [-0.39, 0.29) is 18.4 Å². The monoisotopic (exact) mass is 297 g/mol. The molecule has 0 aromatic heterocycles. The van der Waals surface area contributed by atoms with E-state index >= 15 is 0 Å². The zero-order valence-corrected chi connectivity index (χ0v) is 12.6. The van der Waals surface area contributed by atoms with E-state index < -0.39 is 0 Å². The molecule has 2 aromatic rings. The van der Waals surface area contributed by atoms with Gasteiger partial charge < -0.3 is 16.0 Å². The van der Waals surface area contributed by atoms with Gasteiger partial charge in [0.1, 0.15) is 0 Å². The van der Waals surface area contributed by atoms with E-state index in [0.29, 0.717) is 11.3 Å². The molecule has 114 valence electrons. The molecule has 0 heterocycles. The molecule has 0 radical (unpaired) electrons. The lowest BCUT2D eigenvalue weighted by Gasteiger charge is -2.10. The molecule has 22 heavy (non-hydrogen) atoms. The van der Waals surface area contributed by atoms with Gasteiger partial charge in [-0.2, -0.15) is 0 Å². The smallest absolute Gasteiger partial charge is 0.251 e. The predicted octanol–water partition coefficient (Wildman–Crippen LogP) is 2.41. The van der Waals surface area contributed by atoms with Crippen molar-refractivity contribution in [3.05, 3.63) is 59.7 Å². The molecule has 3 N–H and O–H groups in total. The van der Waals surface area contributed by atoms with Gasteiger partial charge in [0.05, 0.1) is 6.54 Å². The molecule has 5 nitrogen and oxygen atoms in total. The summed E-state index contributed by atoms with van der Waals surface area (Å²) in [5.74, 6) is -0.296. The average Bonchev–Trinajstić information content (AvgIpc) is 2.54. The van der Waals surface area contributed by atoms with E-state index in [2.05, 4.69) is 16.0 Å². The number of amides is 2. The van der Waals surface area contributed by atoms with Gasteiger partial charge in [0, 0.05) is 24.0 Å². The van der Waals surface area contributed by atoms with Gasteiger partial charge in [-0.3, -0.25) is 9.59 Å². The van der Waals surface area contributed by atoms with Crippen molar-refractivity contribution in [1.82, 2.24) is 5.32 Å². The molecule has 2 amide bonds. The van der Waals surface area contributed by atoms with E-state index in [1.165, 1.54) is 0 Å². The Morgan fingerprint density at radius 3 is 2.32 bits per heavy atom. The quantitative estimate of drug-likeness (QED) is 0.793. The van der Waals surface area contributed by atoms with Crippen LogP contribution in [0.4, 0.5) is 11.4 Å². The second-order valence-corrected chi connectivity index (χ2v) is 4.87. The highest BCUT2D eigenvalue weighted by Gasteiger charge is 2.05. The van der Waals surface area contributed by atoms with Gasteiger partial charge in [-0.15, -0.1) is 0 Å². The Balaban J connectivity index is 1.89. The van der Waals surface area contributed by atoms with Crippen LogP contribution < -0.4 is 16.0 Å². The minimum Gasteiger partial charge on any atom is -0.376 e. The zero-order chi connectivity index (χ0) is 15.9. The number of anilines is 2. The molecule has 0 saturated heterocycles. The maximum Gasteiger partial charge on any atom is 0.251 e. The van der Waals surface area contributed by atoms with Crippen molar-refractivity contribution in [3.8, 4) is 0 Å². The number of para-hydroxylation sites is 1. The Morgan fingerprint density at radius 2 is 1.68 bits per heavy atom. The number of hydrogen-bond acceptors (Lipinski definition) is 3. The first-order valence-electron chi connectivity index (χ1n) is 7.01. The van der Waals surface area contributed by atoms with Gasteiger partial charge >= 0.3 is 0 Å². The van der Waals surface area contributed by atoms with Crippen LogP contribution in [-0.4, -0.2) is 25.4 Å². The lowest BCUT2D eigenvalue weighted by Crippen LogP contribution is -2.22. The van der Waals surface area contributed by atoms with Gasteiger partial charge in [0.25, 0.3) is 5.91 Å². The Hall–Kier alpha value is -2.82. The van der Waals surface area contributed by atoms with Gasteiger partial charge in [0.2, 0.25) is 5.91 Å². The molecule has 0 aliphatic heterocycles. The number of carbonyl (C=O) groups excluding carboxylic acids is 2. The number of aryl methyl sites for hydroxylation is 1. The largest absolute Gasteiger partial charge is 0.376 e. The van der Waals surface area contributed by atoms with Crippen LogP contribution in [0.25, 0.3) is 0 Å². The molecule has 5 heteroatoms. The second kappa shape index (κ2) is 7.26.